The first kappa shape index (κ1) is 13.0. The maximum absolute atomic E-state index is 4.77. The van der Waals surface area contributed by atoms with Crippen LogP contribution in [0, 0.1) is 18.8 Å². The molecule has 2 aromatic rings. The Morgan fingerprint density at radius 2 is 2.05 bits per heavy atom. The van der Waals surface area contributed by atoms with Gasteiger partial charge in [-0.3, -0.25) is 5.10 Å². The molecule has 5 heteroatoms. The zero-order valence-electron chi connectivity index (χ0n) is 12.7. The first-order chi connectivity index (χ1) is 10.1. The fourth-order valence-corrected chi connectivity index (χ4v) is 3.96. The highest BCUT2D eigenvalue weighted by Gasteiger charge is 2.40. The molecule has 0 aromatic carbocycles. The van der Waals surface area contributed by atoms with Crippen molar-refractivity contribution in [2.45, 2.75) is 45.7 Å². The number of nitrogens with one attached hydrogen (secondary N) is 2. The highest BCUT2D eigenvalue weighted by Crippen LogP contribution is 2.41. The number of fused-ring (bicyclic) bond motifs is 4. The van der Waals surface area contributed by atoms with Gasteiger partial charge in [0.2, 0.25) is 0 Å². The summed E-state index contributed by atoms with van der Waals surface area (Å²) in [7, 11) is 0. The van der Waals surface area contributed by atoms with E-state index >= 15 is 0 Å². The zero-order valence-corrected chi connectivity index (χ0v) is 12.7. The predicted molar refractivity (Wildman–Crippen MR) is 80.7 cm³/mol. The van der Waals surface area contributed by atoms with Gasteiger partial charge in [0.05, 0.1) is 23.1 Å². The topological polar surface area (TPSA) is 66.5 Å². The van der Waals surface area contributed by atoms with Crippen LogP contribution < -0.4 is 5.32 Å². The van der Waals surface area contributed by atoms with Crippen molar-refractivity contribution < 1.29 is 0 Å². The molecule has 21 heavy (non-hydrogen) atoms. The van der Waals surface area contributed by atoms with Crippen molar-refractivity contribution in [1.29, 1.82) is 0 Å². The standard InChI is InChI=1S/C16H21N5/c1-8-6-9(2)14-16-11(7-13(8)20-14)15(18-10(3)19-16)12-4-5-17-21-12/h4-5,8-9,13-14,20H,6-7H2,1-3H3,(H,17,21)/t8-,9+,13+,14+/m0/s1. The number of nitrogens with zero attached hydrogens (tertiary/aromatic N) is 3. The lowest BCUT2D eigenvalue weighted by Crippen LogP contribution is -2.51. The molecule has 110 valence electrons. The second-order valence-electron chi connectivity index (χ2n) is 6.60. The maximum atomic E-state index is 4.77. The lowest BCUT2D eigenvalue weighted by molar-refractivity contribution is 0.165. The molecule has 0 saturated carbocycles. The van der Waals surface area contributed by atoms with Crippen LogP contribution >= 0.6 is 0 Å². The summed E-state index contributed by atoms with van der Waals surface area (Å²) in [5.74, 6) is 2.14. The SMILES string of the molecule is Cc1nc(-c2ccn[nH]2)c2c(n1)[C@@H]1N[C@H](C2)[C@@H](C)C[C@H]1C. The second-order valence-corrected chi connectivity index (χ2v) is 6.60. The Labute approximate surface area is 124 Å². The quantitative estimate of drug-likeness (QED) is 0.843. The third kappa shape index (κ3) is 1.99. The molecule has 2 aromatic heterocycles. The molecule has 1 fully saturated rings. The van der Waals surface area contributed by atoms with Crippen molar-refractivity contribution in [1.82, 2.24) is 25.5 Å². The van der Waals surface area contributed by atoms with E-state index in [-0.39, 0.29) is 0 Å². The number of rotatable bonds is 1. The molecule has 2 N–H and O–H groups in total. The third-order valence-corrected chi connectivity index (χ3v) is 5.02. The van der Waals surface area contributed by atoms with Gasteiger partial charge in [-0.2, -0.15) is 5.10 Å². The molecule has 0 aliphatic carbocycles. The van der Waals surface area contributed by atoms with Gasteiger partial charge in [0.25, 0.3) is 0 Å². The Bertz CT molecular complexity index is 664. The average molecular weight is 283 g/mol. The van der Waals surface area contributed by atoms with Crippen molar-refractivity contribution >= 4 is 0 Å². The third-order valence-electron chi connectivity index (χ3n) is 5.02. The van der Waals surface area contributed by atoms with Crippen molar-refractivity contribution in [3.05, 3.63) is 29.3 Å². The molecule has 4 heterocycles. The van der Waals surface area contributed by atoms with E-state index in [0.717, 1.165) is 23.6 Å². The van der Waals surface area contributed by atoms with Crippen LogP contribution in [0.4, 0.5) is 0 Å². The lowest BCUT2D eigenvalue weighted by atomic mass is 9.73. The number of H-pyrrole nitrogens is 1. The molecule has 0 unspecified atom stereocenters. The minimum Gasteiger partial charge on any atom is -0.305 e. The van der Waals surface area contributed by atoms with Crippen LogP contribution in [0.5, 0.6) is 0 Å². The van der Waals surface area contributed by atoms with E-state index in [1.807, 2.05) is 13.0 Å². The Balaban J connectivity index is 1.90. The molecule has 0 amide bonds. The van der Waals surface area contributed by atoms with E-state index in [1.165, 1.54) is 17.7 Å². The van der Waals surface area contributed by atoms with E-state index in [0.29, 0.717) is 23.9 Å². The van der Waals surface area contributed by atoms with Gasteiger partial charge in [-0.15, -0.1) is 0 Å². The van der Waals surface area contributed by atoms with Gasteiger partial charge in [0, 0.05) is 17.8 Å². The number of piperidine rings is 1. The smallest absolute Gasteiger partial charge is 0.126 e. The molecule has 5 nitrogen and oxygen atoms in total. The number of aromatic nitrogens is 4. The number of aromatic amines is 1. The molecular formula is C16H21N5. The van der Waals surface area contributed by atoms with Crippen LogP contribution in [0.2, 0.25) is 0 Å². The van der Waals surface area contributed by atoms with E-state index in [2.05, 4.69) is 29.4 Å². The van der Waals surface area contributed by atoms with Crippen molar-refractivity contribution in [3.63, 3.8) is 0 Å². The Morgan fingerprint density at radius 1 is 1.19 bits per heavy atom. The molecule has 4 rings (SSSR count). The van der Waals surface area contributed by atoms with Gasteiger partial charge >= 0.3 is 0 Å². The maximum Gasteiger partial charge on any atom is 0.126 e. The minimum absolute atomic E-state index is 0.360. The summed E-state index contributed by atoms with van der Waals surface area (Å²) in [6.07, 6.45) is 4.06. The van der Waals surface area contributed by atoms with Crippen LogP contribution in [-0.4, -0.2) is 26.2 Å². The summed E-state index contributed by atoms with van der Waals surface area (Å²) < 4.78 is 0. The van der Waals surface area contributed by atoms with Gasteiger partial charge in [-0.05, 0) is 37.7 Å². The summed E-state index contributed by atoms with van der Waals surface area (Å²) >= 11 is 0. The number of hydrogen-bond acceptors (Lipinski definition) is 4. The van der Waals surface area contributed by atoms with E-state index in [9.17, 15) is 0 Å². The predicted octanol–water partition coefficient (Wildman–Crippen LogP) is 2.41. The summed E-state index contributed by atoms with van der Waals surface area (Å²) in [6, 6.07) is 2.89. The summed E-state index contributed by atoms with van der Waals surface area (Å²) in [4.78, 5) is 9.47. The van der Waals surface area contributed by atoms with E-state index in [1.54, 1.807) is 6.20 Å². The average Bonchev–Trinajstić information content (AvgIpc) is 2.98. The highest BCUT2D eigenvalue weighted by molar-refractivity contribution is 5.60. The van der Waals surface area contributed by atoms with E-state index < -0.39 is 0 Å². The Hall–Kier alpha value is -1.75. The fourth-order valence-electron chi connectivity index (χ4n) is 3.96. The molecule has 2 bridgehead atoms. The molecule has 2 aliphatic rings. The molecule has 2 aliphatic heterocycles. The molecule has 4 atom stereocenters. The lowest BCUT2D eigenvalue weighted by Gasteiger charge is -2.44. The van der Waals surface area contributed by atoms with Crippen LogP contribution in [0.15, 0.2) is 12.3 Å². The normalized spacial score (nSPS) is 31.0. The van der Waals surface area contributed by atoms with Gasteiger partial charge in [0.15, 0.2) is 0 Å². The van der Waals surface area contributed by atoms with E-state index in [4.69, 9.17) is 9.97 Å². The van der Waals surface area contributed by atoms with Crippen LogP contribution in [0.1, 0.15) is 43.4 Å². The molecule has 1 saturated heterocycles. The first-order valence-corrected chi connectivity index (χ1v) is 7.76. The van der Waals surface area contributed by atoms with Crippen molar-refractivity contribution in [2.75, 3.05) is 0 Å². The monoisotopic (exact) mass is 283 g/mol. The summed E-state index contributed by atoms with van der Waals surface area (Å²) in [5, 5.41) is 10.9. The van der Waals surface area contributed by atoms with Gasteiger partial charge < -0.3 is 5.32 Å². The molecule has 0 spiro atoms. The summed E-state index contributed by atoms with van der Waals surface area (Å²) in [5.41, 5.74) is 4.53. The number of aryl methyl sites for hydroxylation is 1. The van der Waals surface area contributed by atoms with Crippen LogP contribution in [0.3, 0.4) is 0 Å². The van der Waals surface area contributed by atoms with Gasteiger partial charge in [0.1, 0.15) is 5.82 Å². The molecular weight excluding hydrogens is 262 g/mol. The first-order valence-electron chi connectivity index (χ1n) is 7.76. The molecule has 0 radical (unpaired) electrons. The van der Waals surface area contributed by atoms with Gasteiger partial charge in [-0.1, -0.05) is 13.8 Å². The number of hydrogen-bond donors (Lipinski definition) is 2. The zero-order chi connectivity index (χ0) is 14.6. The second kappa shape index (κ2) is 4.63. The van der Waals surface area contributed by atoms with Gasteiger partial charge in [-0.25, -0.2) is 9.97 Å². The van der Waals surface area contributed by atoms with Crippen molar-refractivity contribution in [2.24, 2.45) is 11.8 Å². The largest absolute Gasteiger partial charge is 0.305 e. The Morgan fingerprint density at radius 3 is 2.81 bits per heavy atom. The van der Waals surface area contributed by atoms with Crippen LogP contribution in [0.25, 0.3) is 11.4 Å². The van der Waals surface area contributed by atoms with Crippen LogP contribution in [-0.2, 0) is 6.42 Å². The Kier molecular flexibility index (Phi) is 2.85. The summed E-state index contributed by atoms with van der Waals surface area (Å²) in [6.45, 7) is 6.65. The van der Waals surface area contributed by atoms with Crippen molar-refractivity contribution in [3.8, 4) is 11.4 Å². The minimum atomic E-state index is 0.360. The highest BCUT2D eigenvalue weighted by atomic mass is 15.1. The fraction of sp³-hybridized carbons (Fsp3) is 0.562.